The molecule has 0 saturated carbocycles. The molecule has 0 aliphatic heterocycles. The Bertz CT molecular complexity index is 249. The van der Waals surface area contributed by atoms with E-state index in [1.807, 2.05) is 27.7 Å². The number of ketones is 1. The van der Waals surface area contributed by atoms with Gasteiger partial charge in [-0.2, -0.15) is 0 Å². The van der Waals surface area contributed by atoms with E-state index in [0.29, 0.717) is 0 Å². The standard InChI is InChI=1S/C12H24N2O2/c1-7(2)10(9(5)15)14-12(16)11(13-6)8(3)4/h7-8,10-11,13H,1-6H3,(H,14,16)/t10-,11?/m0/s1. The third-order valence-corrected chi connectivity index (χ3v) is 2.66. The van der Waals surface area contributed by atoms with Crippen LogP contribution in [0, 0.1) is 11.8 Å². The van der Waals surface area contributed by atoms with E-state index in [-0.39, 0.29) is 35.6 Å². The van der Waals surface area contributed by atoms with E-state index in [4.69, 9.17) is 0 Å². The predicted octanol–water partition coefficient (Wildman–Crippen LogP) is 0.960. The molecule has 4 nitrogen and oxygen atoms in total. The number of rotatable bonds is 6. The summed E-state index contributed by atoms with van der Waals surface area (Å²) in [6.07, 6.45) is 0. The van der Waals surface area contributed by atoms with Gasteiger partial charge in [-0.3, -0.25) is 9.59 Å². The molecule has 0 aliphatic carbocycles. The molecule has 16 heavy (non-hydrogen) atoms. The van der Waals surface area contributed by atoms with Gasteiger partial charge in [0, 0.05) is 0 Å². The molecule has 0 aromatic carbocycles. The topological polar surface area (TPSA) is 58.2 Å². The van der Waals surface area contributed by atoms with Gasteiger partial charge in [0.25, 0.3) is 0 Å². The van der Waals surface area contributed by atoms with Gasteiger partial charge in [0.15, 0.2) is 5.78 Å². The summed E-state index contributed by atoms with van der Waals surface area (Å²) in [7, 11) is 1.75. The van der Waals surface area contributed by atoms with Crippen LogP contribution in [0.3, 0.4) is 0 Å². The Balaban J connectivity index is 4.56. The third kappa shape index (κ3) is 4.31. The number of Topliss-reactive ketones (excluding diaryl/α,β-unsaturated/α-hetero) is 1. The van der Waals surface area contributed by atoms with Crippen molar-refractivity contribution in [2.45, 2.75) is 46.7 Å². The summed E-state index contributed by atoms with van der Waals surface area (Å²) in [6, 6.07) is -0.636. The van der Waals surface area contributed by atoms with Crippen molar-refractivity contribution < 1.29 is 9.59 Å². The van der Waals surface area contributed by atoms with E-state index in [1.54, 1.807) is 7.05 Å². The van der Waals surface area contributed by atoms with Crippen LogP contribution in [0.1, 0.15) is 34.6 Å². The molecule has 1 unspecified atom stereocenters. The quantitative estimate of drug-likeness (QED) is 0.712. The molecule has 94 valence electrons. The summed E-state index contributed by atoms with van der Waals surface area (Å²) in [5, 5.41) is 5.76. The lowest BCUT2D eigenvalue weighted by atomic mass is 9.98. The molecular formula is C12H24N2O2. The number of amides is 1. The highest BCUT2D eigenvalue weighted by Gasteiger charge is 2.26. The molecule has 0 rings (SSSR count). The van der Waals surface area contributed by atoms with Crippen LogP contribution in [0.4, 0.5) is 0 Å². The second-order valence-corrected chi connectivity index (χ2v) is 4.85. The number of likely N-dealkylation sites (N-methyl/N-ethyl adjacent to an activating group) is 1. The second kappa shape index (κ2) is 6.63. The Morgan fingerprint density at radius 3 is 1.62 bits per heavy atom. The van der Waals surface area contributed by atoms with Crippen LogP contribution in [0.15, 0.2) is 0 Å². The Morgan fingerprint density at radius 2 is 1.38 bits per heavy atom. The minimum absolute atomic E-state index is 0.00181. The van der Waals surface area contributed by atoms with E-state index in [2.05, 4.69) is 10.6 Å². The van der Waals surface area contributed by atoms with Crippen LogP contribution in [-0.2, 0) is 9.59 Å². The zero-order valence-corrected chi connectivity index (χ0v) is 11.1. The molecule has 0 aliphatic rings. The molecule has 0 radical (unpaired) electrons. The third-order valence-electron chi connectivity index (χ3n) is 2.66. The van der Waals surface area contributed by atoms with Crippen molar-refractivity contribution in [3.63, 3.8) is 0 Å². The minimum Gasteiger partial charge on any atom is -0.345 e. The van der Waals surface area contributed by atoms with Crippen LogP contribution in [0.2, 0.25) is 0 Å². The van der Waals surface area contributed by atoms with Crippen molar-refractivity contribution >= 4 is 11.7 Å². The summed E-state index contributed by atoms with van der Waals surface area (Å²) in [5.41, 5.74) is 0. The first-order chi connectivity index (χ1) is 7.31. The molecule has 0 bridgehead atoms. The van der Waals surface area contributed by atoms with E-state index in [9.17, 15) is 9.59 Å². The van der Waals surface area contributed by atoms with Gasteiger partial charge < -0.3 is 10.6 Å². The van der Waals surface area contributed by atoms with Gasteiger partial charge in [-0.1, -0.05) is 27.7 Å². The van der Waals surface area contributed by atoms with Crippen LogP contribution < -0.4 is 10.6 Å². The van der Waals surface area contributed by atoms with E-state index in [1.165, 1.54) is 6.92 Å². The summed E-state index contributed by atoms with van der Waals surface area (Å²) >= 11 is 0. The lowest BCUT2D eigenvalue weighted by Gasteiger charge is -2.25. The Labute approximate surface area is 98.2 Å². The van der Waals surface area contributed by atoms with Crippen molar-refractivity contribution in [1.29, 1.82) is 0 Å². The monoisotopic (exact) mass is 228 g/mol. The average molecular weight is 228 g/mol. The van der Waals surface area contributed by atoms with E-state index < -0.39 is 0 Å². The SMILES string of the molecule is CNC(C(=O)N[C@H](C(C)=O)C(C)C)C(C)C. The molecular weight excluding hydrogens is 204 g/mol. The smallest absolute Gasteiger partial charge is 0.237 e. The van der Waals surface area contributed by atoms with Crippen molar-refractivity contribution in [1.82, 2.24) is 10.6 Å². The zero-order chi connectivity index (χ0) is 12.9. The Morgan fingerprint density at radius 1 is 0.938 bits per heavy atom. The first-order valence-corrected chi connectivity index (χ1v) is 5.79. The van der Waals surface area contributed by atoms with Gasteiger partial charge in [0.1, 0.15) is 0 Å². The largest absolute Gasteiger partial charge is 0.345 e. The number of carbonyl (C=O) groups excluding carboxylic acids is 2. The van der Waals surface area contributed by atoms with Crippen molar-refractivity contribution in [3.05, 3.63) is 0 Å². The van der Waals surface area contributed by atoms with Crippen LogP contribution in [-0.4, -0.2) is 30.8 Å². The van der Waals surface area contributed by atoms with E-state index in [0.717, 1.165) is 0 Å². The zero-order valence-electron chi connectivity index (χ0n) is 11.1. The highest BCUT2D eigenvalue weighted by atomic mass is 16.2. The van der Waals surface area contributed by atoms with Gasteiger partial charge in [0.2, 0.25) is 5.91 Å². The predicted molar refractivity (Wildman–Crippen MR) is 65.1 cm³/mol. The molecule has 2 atom stereocenters. The number of hydrogen-bond donors (Lipinski definition) is 2. The maximum Gasteiger partial charge on any atom is 0.237 e. The van der Waals surface area contributed by atoms with Crippen molar-refractivity contribution in [2.75, 3.05) is 7.05 Å². The van der Waals surface area contributed by atoms with Crippen molar-refractivity contribution in [2.24, 2.45) is 11.8 Å². The number of carbonyl (C=O) groups is 2. The Hall–Kier alpha value is -0.900. The van der Waals surface area contributed by atoms with Crippen LogP contribution in [0.25, 0.3) is 0 Å². The summed E-state index contributed by atoms with van der Waals surface area (Å²) in [4.78, 5) is 23.3. The first kappa shape index (κ1) is 15.1. The van der Waals surface area contributed by atoms with Gasteiger partial charge in [0.05, 0.1) is 12.1 Å². The summed E-state index contributed by atoms with van der Waals surface area (Å²) < 4.78 is 0. The molecule has 1 amide bonds. The molecule has 0 saturated heterocycles. The van der Waals surface area contributed by atoms with Gasteiger partial charge in [-0.15, -0.1) is 0 Å². The van der Waals surface area contributed by atoms with Crippen molar-refractivity contribution in [3.8, 4) is 0 Å². The fourth-order valence-corrected chi connectivity index (χ4v) is 1.75. The van der Waals surface area contributed by atoms with Crippen LogP contribution in [0.5, 0.6) is 0 Å². The first-order valence-electron chi connectivity index (χ1n) is 5.79. The summed E-state index contributed by atoms with van der Waals surface area (Å²) in [5.74, 6) is 0.212. The lowest BCUT2D eigenvalue weighted by Crippen LogP contribution is -2.52. The maximum atomic E-state index is 11.9. The second-order valence-electron chi connectivity index (χ2n) is 4.85. The molecule has 4 heteroatoms. The van der Waals surface area contributed by atoms with Gasteiger partial charge in [-0.25, -0.2) is 0 Å². The average Bonchev–Trinajstić information content (AvgIpc) is 2.13. The maximum absolute atomic E-state index is 11.9. The highest BCUT2D eigenvalue weighted by molar-refractivity contribution is 5.89. The van der Waals surface area contributed by atoms with Gasteiger partial charge in [-0.05, 0) is 25.8 Å². The molecule has 0 aromatic heterocycles. The Kier molecular flexibility index (Phi) is 6.26. The minimum atomic E-state index is -0.387. The molecule has 0 heterocycles. The molecule has 0 fully saturated rings. The normalized spacial score (nSPS) is 15.0. The molecule has 0 spiro atoms. The molecule has 0 aromatic rings. The van der Waals surface area contributed by atoms with Crippen LogP contribution >= 0.6 is 0 Å². The van der Waals surface area contributed by atoms with Gasteiger partial charge >= 0.3 is 0 Å². The number of hydrogen-bond acceptors (Lipinski definition) is 3. The fraction of sp³-hybridized carbons (Fsp3) is 0.833. The molecule has 2 N–H and O–H groups in total. The highest BCUT2D eigenvalue weighted by Crippen LogP contribution is 2.06. The number of nitrogens with one attached hydrogen (secondary N) is 2. The fourth-order valence-electron chi connectivity index (χ4n) is 1.75. The lowest BCUT2D eigenvalue weighted by molar-refractivity contribution is -0.129. The summed E-state index contributed by atoms with van der Waals surface area (Å²) in [6.45, 7) is 9.30. The van der Waals surface area contributed by atoms with E-state index >= 15 is 0 Å².